The van der Waals surface area contributed by atoms with Crippen LogP contribution in [0.1, 0.15) is 48.9 Å². The van der Waals surface area contributed by atoms with Crippen LogP contribution in [0.2, 0.25) is 0 Å². The molecule has 0 aliphatic heterocycles. The van der Waals surface area contributed by atoms with Gasteiger partial charge in [-0.05, 0) is 60.9 Å². The highest BCUT2D eigenvalue weighted by Gasteiger charge is 2.25. The molecule has 0 radical (unpaired) electrons. The summed E-state index contributed by atoms with van der Waals surface area (Å²) in [7, 11) is -3.96. The maximum absolute atomic E-state index is 14.2. The molecule has 0 bridgehead atoms. The molecule has 30 heavy (non-hydrogen) atoms. The Morgan fingerprint density at radius 3 is 2.43 bits per heavy atom. The van der Waals surface area contributed by atoms with E-state index in [1.807, 2.05) is 13.0 Å². The van der Waals surface area contributed by atoms with Crippen molar-refractivity contribution in [2.24, 2.45) is 0 Å². The fraction of sp³-hybridized carbons (Fsp3) is 0.409. The Kier molecular flexibility index (Phi) is 6.75. The largest absolute Gasteiger partial charge is 0.348 e. The lowest BCUT2D eigenvalue weighted by atomic mass is 9.89. The van der Waals surface area contributed by atoms with Crippen molar-refractivity contribution in [1.29, 1.82) is 0 Å². The molecule has 0 fully saturated rings. The van der Waals surface area contributed by atoms with E-state index in [0.717, 1.165) is 43.2 Å². The summed E-state index contributed by atoms with van der Waals surface area (Å²) in [5.74, 6) is -2.43. The summed E-state index contributed by atoms with van der Waals surface area (Å²) in [6.45, 7) is 1.33. The second-order valence-corrected chi connectivity index (χ2v) is 9.54. The van der Waals surface area contributed by atoms with E-state index in [1.165, 1.54) is 17.5 Å². The van der Waals surface area contributed by atoms with E-state index >= 15 is 0 Å². The summed E-state index contributed by atoms with van der Waals surface area (Å²) in [5, 5.41) is 2.85. The van der Waals surface area contributed by atoms with Gasteiger partial charge in [-0.2, -0.15) is 0 Å². The number of anilines is 1. The maximum Gasteiger partial charge on any atom is 0.241 e. The lowest BCUT2D eigenvalue weighted by molar-refractivity contribution is -0.120. The fourth-order valence-corrected chi connectivity index (χ4v) is 4.68. The van der Waals surface area contributed by atoms with E-state index in [1.54, 1.807) is 0 Å². The lowest BCUT2D eigenvalue weighted by Gasteiger charge is -2.25. The van der Waals surface area contributed by atoms with Gasteiger partial charge in [-0.25, -0.2) is 17.2 Å². The Labute approximate surface area is 176 Å². The zero-order valence-electron chi connectivity index (χ0n) is 17.1. The number of rotatable bonds is 7. The number of aryl methyl sites for hydroxylation is 2. The summed E-state index contributed by atoms with van der Waals surface area (Å²) >= 11 is 0. The zero-order valence-corrected chi connectivity index (χ0v) is 17.9. The highest BCUT2D eigenvalue weighted by atomic mass is 32.2. The van der Waals surface area contributed by atoms with E-state index in [-0.39, 0.29) is 11.7 Å². The molecule has 0 unspecified atom stereocenters. The predicted molar refractivity (Wildman–Crippen MR) is 113 cm³/mol. The standard InChI is InChI=1S/C22H26F2N2O3S/c1-3-20(17-9-8-15-6-4-5-7-16(15)12-17)25-22(27)14-26(30(2,28)29)21-11-10-18(23)13-19(21)24/h8-13,20H,3-7,14H2,1-2H3,(H,25,27)/t20-/m0/s1. The van der Waals surface area contributed by atoms with E-state index < -0.39 is 34.1 Å². The van der Waals surface area contributed by atoms with Gasteiger partial charge in [0.1, 0.15) is 18.2 Å². The van der Waals surface area contributed by atoms with Crippen molar-refractivity contribution >= 4 is 21.6 Å². The van der Waals surface area contributed by atoms with Crippen molar-refractivity contribution in [3.63, 3.8) is 0 Å². The number of hydrogen-bond donors (Lipinski definition) is 1. The first kappa shape index (κ1) is 22.2. The fourth-order valence-electron chi connectivity index (χ4n) is 3.83. The number of halogens is 2. The Morgan fingerprint density at radius 2 is 1.80 bits per heavy atom. The van der Waals surface area contributed by atoms with Gasteiger partial charge >= 0.3 is 0 Å². The topological polar surface area (TPSA) is 66.5 Å². The van der Waals surface area contributed by atoms with Crippen molar-refractivity contribution in [2.75, 3.05) is 17.1 Å². The molecule has 1 N–H and O–H groups in total. The molecule has 162 valence electrons. The quantitative estimate of drug-likeness (QED) is 0.716. The maximum atomic E-state index is 14.2. The van der Waals surface area contributed by atoms with Gasteiger partial charge in [0.25, 0.3) is 0 Å². The Hall–Kier alpha value is -2.48. The van der Waals surface area contributed by atoms with Crippen molar-refractivity contribution in [3.05, 3.63) is 64.7 Å². The first-order chi connectivity index (χ1) is 14.2. The molecule has 8 heteroatoms. The number of nitrogens with zero attached hydrogens (tertiary/aromatic N) is 1. The number of carbonyl (C=O) groups excluding carboxylic acids is 1. The molecule has 0 heterocycles. The summed E-state index contributed by atoms with van der Waals surface area (Å²) in [4.78, 5) is 12.7. The molecule has 1 aliphatic rings. The van der Waals surface area contributed by atoms with Crippen LogP contribution in [0.4, 0.5) is 14.5 Å². The number of hydrogen-bond acceptors (Lipinski definition) is 3. The van der Waals surface area contributed by atoms with Crippen LogP contribution in [-0.4, -0.2) is 27.1 Å². The van der Waals surface area contributed by atoms with Crippen molar-refractivity contribution in [1.82, 2.24) is 5.32 Å². The smallest absolute Gasteiger partial charge is 0.241 e. The molecule has 0 spiro atoms. The highest BCUT2D eigenvalue weighted by Crippen LogP contribution is 2.27. The van der Waals surface area contributed by atoms with Gasteiger partial charge < -0.3 is 5.32 Å². The number of sulfonamides is 1. The summed E-state index contributed by atoms with van der Waals surface area (Å²) in [5.41, 5.74) is 3.22. The molecule has 0 aromatic heterocycles. The molecular weight excluding hydrogens is 410 g/mol. The third-order valence-corrected chi connectivity index (χ3v) is 6.51. The number of carbonyl (C=O) groups is 1. The number of benzene rings is 2. The summed E-state index contributed by atoms with van der Waals surface area (Å²) < 4.78 is 52.4. The van der Waals surface area contributed by atoms with E-state index in [9.17, 15) is 22.0 Å². The van der Waals surface area contributed by atoms with Crippen LogP contribution in [0, 0.1) is 11.6 Å². The van der Waals surface area contributed by atoms with Crippen molar-refractivity contribution < 1.29 is 22.0 Å². The Morgan fingerprint density at radius 1 is 1.10 bits per heavy atom. The molecule has 1 aliphatic carbocycles. The number of amides is 1. The van der Waals surface area contributed by atoms with Gasteiger partial charge in [-0.1, -0.05) is 25.1 Å². The van der Waals surface area contributed by atoms with Crippen LogP contribution in [-0.2, 0) is 27.7 Å². The average molecular weight is 437 g/mol. The third-order valence-electron chi connectivity index (χ3n) is 5.38. The molecule has 5 nitrogen and oxygen atoms in total. The number of nitrogens with one attached hydrogen (secondary N) is 1. The van der Waals surface area contributed by atoms with E-state index in [2.05, 4.69) is 17.4 Å². The SMILES string of the molecule is CC[C@H](NC(=O)CN(c1ccc(F)cc1F)S(C)(=O)=O)c1ccc2c(c1)CCCC2. The first-order valence-corrected chi connectivity index (χ1v) is 11.9. The molecule has 3 rings (SSSR count). The van der Waals surface area contributed by atoms with Crippen molar-refractivity contribution in [3.8, 4) is 0 Å². The van der Waals surface area contributed by atoms with Gasteiger partial charge in [-0.3, -0.25) is 9.10 Å². The normalized spacial score (nSPS) is 14.7. The Bertz CT molecular complexity index is 1040. The van der Waals surface area contributed by atoms with Gasteiger partial charge in [0.15, 0.2) is 0 Å². The minimum absolute atomic E-state index is 0.288. The molecule has 2 aromatic carbocycles. The van der Waals surface area contributed by atoms with Crippen LogP contribution in [0.25, 0.3) is 0 Å². The van der Waals surface area contributed by atoms with E-state index in [4.69, 9.17) is 0 Å². The second kappa shape index (κ2) is 9.12. The van der Waals surface area contributed by atoms with Crippen molar-refractivity contribution in [2.45, 2.75) is 45.1 Å². The summed E-state index contributed by atoms with van der Waals surface area (Å²) in [6.07, 6.45) is 5.90. The van der Waals surface area contributed by atoms with Crippen LogP contribution in [0.15, 0.2) is 36.4 Å². The molecular formula is C22H26F2N2O3S. The second-order valence-electron chi connectivity index (χ2n) is 7.63. The summed E-state index contributed by atoms with van der Waals surface area (Å²) in [6, 6.07) is 8.46. The molecule has 0 saturated carbocycles. The lowest BCUT2D eigenvalue weighted by Crippen LogP contribution is -2.42. The van der Waals surface area contributed by atoms with Gasteiger partial charge in [0.05, 0.1) is 18.0 Å². The van der Waals surface area contributed by atoms with Gasteiger partial charge in [0, 0.05) is 6.07 Å². The van der Waals surface area contributed by atoms with Crippen LogP contribution in [0.5, 0.6) is 0 Å². The Balaban J connectivity index is 1.78. The highest BCUT2D eigenvalue weighted by molar-refractivity contribution is 7.92. The molecule has 0 saturated heterocycles. The molecule has 1 amide bonds. The molecule has 2 aromatic rings. The first-order valence-electron chi connectivity index (χ1n) is 10.0. The minimum Gasteiger partial charge on any atom is -0.348 e. The van der Waals surface area contributed by atoms with Gasteiger partial charge in [0.2, 0.25) is 15.9 Å². The van der Waals surface area contributed by atoms with Crippen LogP contribution in [0.3, 0.4) is 0 Å². The average Bonchev–Trinajstić information content (AvgIpc) is 2.69. The van der Waals surface area contributed by atoms with E-state index in [0.29, 0.717) is 16.8 Å². The van der Waals surface area contributed by atoms with Gasteiger partial charge in [-0.15, -0.1) is 0 Å². The third kappa shape index (κ3) is 5.16. The zero-order chi connectivity index (χ0) is 21.9. The molecule has 1 atom stereocenters. The number of fused-ring (bicyclic) bond motifs is 1. The van der Waals surface area contributed by atoms with Crippen LogP contribution >= 0.6 is 0 Å². The monoisotopic (exact) mass is 436 g/mol. The van der Waals surface area contributed by atoms with Crippen LogP contribution < -0.4 is 9.62 Å². The predicted octanol–water partition coefficient (Wildman–Crippen LogP) is 3.88. The minimum atomic E-state index is -3.96.